The molecule has 5 nitrogen and oxygen atoms in total. The van der Waals surface area contributed by atoms with Gasteiger partial charge in [0.15, 0.2) is 12.4 Å². The Balaban J connectivity index is 1.70. The maximum absolute atomic E-state index is 12.4. The molecule has 5 heteroatoms. The minimum atomic E-state index is -0.498. The van der Waals surface area contributed by atoms with E-state index in [-0.39, 0.29) is 24.8 Å². The molecule has 0 bridgehead atoms. The predicted octanol–water partition coefficient (Wildman–Crippen LogP) is 3.72. The van der Waals surface area contributed by atoms with Crippen LogP contribution in [-0.2, 0) is 9.53 Å². The molecular formula is C21H18O5. The lowest BCUT2D eigenvalue weighted by molar-refractivity contribution is -0.144. The molecule has 0 radical (unpaired) electrons. The van der Waals surface area contributed by atoms with Crippen molar-refractivity contribution in [3.63, 3.8) is 0 Å². The molecule has 132 valence electrons. The predicted molar refractivity (Wildman–Crippen MR) is 97.2 cm³/mol. The molecule has 0 aliphatic carbocycles. The number of rotatable bonds is 6. The van der Waals surface area contributed by atoms with E-state index in [0.29, 0.717) is 17.1 Å². The highest BCUT2D eigenvalue weighted by Gasteiger charge is 2.27. The van der Waals surface area contributed by atoms with Gasteiger partial charge in [0.05, 0.1) is 5.56 Å². The zero-order chi connectivity index (χ0) is 18.5. The van der Waals surface area contributed by atoms with Gasteiger partial charge in [-0.05, 0) is 30.7 Å². The van der Waals surface area contributed by atoms with Gasteiger partial charge in [0.25, 0.3) is 0 Å². The second kappa shape index (κ2) is 7.70. The minimum absolute atomic E-state index is 0.136. The lowest BCUT2D eigenvalue weighted by Gasteiger charge is -2.06. The highest BCUT2D eigenvalue weighted by atomic mass is 16.6. The van der Waals surface area contributed by atoms with Crippen LogP contribution >= 0.6 is 0 Å². The summed E-state index contributed by atoms with van der Waals surface area (Å²) in [7, 11) is 0. The van der Waals surface area contributed by atoms with Crippen LogP contribution in [0.3, 0.4) is 0 Å². The van der Waals surface area contributed by atoms with Crippen LogP contribution < -0.4 is 9.47 Å². The topological polar surface area (TPSA) is 61.8 Å². The van der Waals surface area contributed by atoms with Crippen molar-refractivity contribution in [3.8, 4) is 11.5 Å². The number of hydrogen-bond acceptors (Lipinski definition) is 5. The summed E-state index contributed by atoms with van der Waals surface area (Å²) in [6, 6.07) is 12.6. The molecule has 0 N–H and O–H groups in total. The summed E-state index contributed by atoms with van der Waals surface area (Å²) in [5.41, 5.74) is 2.49. The van der Waals surface area contributed by atoms with Crippen LogP contribution in [0.25, 0.3) is 6.08 Å². The monoisotopic (exact) mass is 350 g/mol. The third-order valence-corrected chi connectivity index (χ3v) is 3.74. The Hall–Kier alpha value is -3.34. The molecule has 0 unspecified atom stereocenters. The quantitative estimate of drug-likeness (QED) is 0.451. The first kappa shape index (κ1) is 17.5. The van der Waals surface area contributed by atoms with E-state index < -0.39 is 5.97 Å². The van der Waals surface area contributed by atoms with Crippen LogP contribution in [0.5, 0.6) is 11.5 Å². The number of benzene rings is 2. The number of Topliss-reactive ketones (excluding diaryl/α,β-unsaturated/α-hetero) is 1. The Morgan fingerprint density at radius 2 is 1.96 bits per heavy atom. The number of ether oxygens (including phenoxy) is 3. The molecule has 1 aliphatic heterocycles. The van der Waals surface area contributed by atoms with Crippen LogP contribution in [0.4, 0.5) is 0 Å². The lowest BCUT2D eigenvalue weighted by atomic mass is 10.1. The first-order valence-corrected chi connectivity index (χ1v) is 8.11. The highest BCUT2D eigenvalue weighted by Crippen LogP contribution is 2.34. The van der Waals surface area contributed by atoms with Gasteiger partial charge in [-0.25, -0.2) is 4.79 Å². The average Bonchev–Trinajstić information content (AvgIpc) is 2.95. The largest absolute Gasteiger partial charge is 0.482 e. The van der Waals surface area contributed by atoms with Crippen molar-refractivity contribution in [1.29, 1.82) is 0 Å². The first-order valence-electron chi connectivity index (χ1n) is 8.11. The van der Waals surface area contributed by atoms with Gasteiger partial charge in [-0.15, -0.1) is 0 Å². The second-order valence-corrected chi connectivity index (χ2v) is 5.77. The van der Waals surface area contributed by atoms with Crippen molar-refractivity contribution >= 4 is 17.8 Å². The minimum Gasteiger partial charge on any atom is -0.482 e. The zero-order valence-electron chi connectivity index (χ0n) is 14.4. The number of fused-ring (bicyclic) bond motifs is 1. The summed E-state index contributed by atoms with van der Waals surface area (Å²) in [4.78, 5) is 23.9. The lowest BCUT2D eigenvalue weighted by Crippen LogP contribution is -2.14. The molecule has 2 aromatic rings. The molecule has 2 aromatic carbocycles. The summed E-state index contributed by atoms with van der Waals surface area (Å²) in [6.45, 7) is 5.37. The van der Waals surface area contributed by atoms with E-state index in [1.54, 1.807) is 24.3 Å². The van der Waals surface area contributed by atoms with Crippen LogP contribution in [0.1, 0.15) is 21.5 Å². The smallest absolute Gasteiger partial charge is 0.344 e. The number of carbonyl (C=O) groups is 2. The maximum atomic E-state index is 12.4. The van der Waals surface area contributed by atoms with Gasteiger partial charge < -0.3 is 14.2 Å². The first-order chi connectivity index (χ1) is 12.6. The molecule has 0 spiro atoms. The van der Waals surface area contributed by atoms with Gasteiger partial charge in [0, 0.05) is 6.07 Å². The van der Waals surface area contributed by atoms with E-state index >= 15 is 0 Å². The molecule has 1 aliphatic rings. The molecule has 3 rings (SSSR count). The number of esters is 1. The maximum Gasteiger partial charge on any atom is 0.344 e. The number of ketones is 1. The Bertz CT molecular complexity index is 878. The highest BCUT2D eigenvalue weighted by molar-refractivity contribution is 6.14. The molecular weight excluding hydrogens is 332 g/mol. The van der Waals surface area contributed by atoms with Gasteiger partial charge in [0.1, 0.15) is 18.1 Å². The summed E-state index contributed by atoms with van der Waals surface area (Å²) in [6.07, 6.45) is 3.18. The summed E-state index contributed by atoms with van der Waals surface area (Å²) < 4.78 is 15.9. The van der Waals surface area contributed by atoms with Crippen molar-refractivity contribution in [2.45, 2.75) is 6.92 Å². The third-order valence-electron chi connectivity index (χ3n) is 3.74. The van der Waals surface area contributed by atoms with Crippen LogP contribution in [0.15, 0.2) is 60.9 Å². The molecule has 0 saturated heterocycles. The van der Waals surface area contributed by atoms with E-state index in [1.807, 2.05) is 31.2 Å². The van der Waals surface area contributed by atoms with E-state index in [4.69, 9.17) is 14.2 Å². The van der Waals surface area contributed by atoms with Gasteiger partial charge in [0.2, 0.25) is 5.78 Å². The van der Waals surface area contributed by atoms with Gasteiger partial charge >= 0.3 is 5.97 Å². The summed E-state index contributed by atoms with van der Waals surface area (Å²) in [5.74, 6) is 0.403. The third kappa shape index (κ3) is 4.00. The molecule has 1 heterocycles. The molecule has 0 amide bonds. The van der Waals surface area contributed by atoms with E-state index in [9.17, 15) is 9.59 Å². The Morgan fingerprint density at radius 1 is 1.19 bits per heavy atom. The van der Waals surface area contributed by atoms with Gasteiger partial charge in [-0.1, -0.05) is 42.5 Å². The van der Waals surface area contributed by atoms with E-state index in [0.717, 1.165) is 11.1 Å². The Kier molecular flexibility index (Phi) is 5.17. The number of carbonyl (C=O) groups excluding carboxylic acids is 2. The van der Waals surface area contributed by atoms with Crippen LogP contribution in [0.2, 0.25) is 0 Å². The average molecular weight is 350 g/mol. The van der Waals surface area contributed by atoms with Gasteiger partial charge in [-0.2, -0.15) is 0 Å². The van der Waals surface area contributed by atoms with E-state index in [2.05, 4.69) is 6.58 Å². The molecule has 0 saturated carbocycles. The summed E-state index contributed by atoms with van der Waals surface area (Å²) >= 11 is 0. The SMILES string of the molecule is C=CCOC(=O)COc1ccc2c(c1)O/C(=C\c1ccc(C)cc1)C2=O. The molecule has 26 heavy (non-hydrogen) atoms. The van der Waals surface area contributed by atoms with Crippen LogP contribution in [0, 0.1) is 6.92 Å². The number of allylic oxidation sites excluding steroid dienone is 1. The standard InChI is InChI=1S/C21H18O5/c1-3-10-24-20(22)13-25-16-8-9-17-18(12-16)26-19(21(17)23)11-15-6-4-14(2)5-7-15/h3-9,11-12H,1,10,13H2,2H3/b19-11-. The molecule has 0 aromatic heterocycles. The molecule has 0 atom stereocenters. The molecule has 0 fully saturated rings. The van der Waals surface area contributed by atoms with Crippen molar-refractivity contribution in [2.24, 2.45) is 0 Å². The zero-order valence-corrected chi connectivity index (χ0v) is 14.4. The van der Waals surface area contributed by atoms with Crippen molar-refractivity contribution < 1.29 is 23.8 Å². The van der Waals surface area contributed by atoms with E-state index in [1.165, 1.54) is 6.08 Å². The Labute approximate surface area is 151 Å². The fourth-order valence-corrected chi connectivity index (χ4v) is 2.41. The van der Waals surface area contributed by atoms with Crippen molar-refractivity contribution in [2.75, 3.05) is 13.2 Å². The second-order valence-electron chi connectivity index (χ2n) is 5.77. The normalized spacial score (nSPS) is 13.9. The number of aryl methyl sites for hydroxylation is 1. The fourth-order valence-electron chi connectivity index (χ4n) is 2.41. The van der Waals surface area contributed by atoms with Crippen LogP contribution in [-0.4, -0.2) is 25.0 Å². The fraction of sp³-hybridized carbons (Fsp3) is 0.143. The van der Waals surface area contributed by atoms with Gasteiger partial charge in [-0.3, -0.25) is 4.79 Å². The Morgan fingerprint density at radius 3 is 2.69 bits per heavy atom. The number of hydrogen-bond donors (Lipinski definition) is 0. The summed E-state index contributed by atoms with van der Waals surface area (Å²) in [5, 5.41) is 0. The van der Waals surface area contributed by atoms with Crippen molar-refractivity contribution in [1.82, 2.24) is 0 Å². The van der Waals surface area contributed by atoms with Crippen molar-refractivity contribution in [3.05, 3.63) is 77.6 Å².